The summed E-state index contributed by atoms with van der Waals surface area (Å²) in [6.07, 6.45) is 0.250. The van der Waals surface area contributed by atoms with Crippen LogP contribution in [0.3, 0.4) is 0 Å². The van der Waals surface area contributed by atoms with Gasteiger partial charge >= 0.3 is 6.09 Å². The van der Waals surface area contributed by atoms with Crippen LogP contribution in [0.25, 0.3) is 0 Å². The molecule has 4 nitrogen and oxygen atoms in total. The van der Waals surface area contributed by atoms with Crippen molar-refractivity contribution in [1.29, 1.82) is 0 Å². The van der Waals surface area contributed by atoms with E-state index < -0.39 is 17.7 Å². The van der Waals surface area contributed by atoms with Gasteiger partial charge in [-0.3, -0.25) is 5.32 Å². The molecule has 1 fully saturated rings. The number of carbonyl (C=O) groups is 1. The summed E-state index contributed by atoms with van der Waals surface area (Å²) >= 11 is 0. The molecule has 17 heavy (non-hydrogen) atoms. The average molecular weight is 242 g/mol. The van der Waals surface area contributed by atoms with E-state index in [1.54, 1.807) is 0 Å². The third-order valence-electron chi connectivity index (χ3n) is 2.57. The molecule has 1 aliphatic carbocycles. The summed E-state index contributed by atoms with van der Waals surface area (Å²) in [6.45, 7) is 0. The smallest absolute Gasteiger partial charge is 0.411 e. The normalized spacial score (nSPS) is 22.8. The van der Waals surface area contributed by atoms with Gasteiger partial charge in [0.1, 0.15) is 17.7 Å². The van der Waals surface area contributed by atoms with E-state index in [1.165, 1.54) is 0 Å². The fourth-order valence-corrected chi connectivity index (χ4v) is 1.58. The summed E-state index contributed by atoms with van der Waals surface area (Å²) in [4.78, 5) is 11.3. The van der Waals surface area contributed by atoms with E-state index >= 15 is 0 Å². The predicted octanol–water partition coefficient (Wildman–Crippen LogP) is 2.00. The molecule has 0 aliphatic heterocycles. The third-order valence-corrected chi connectivity index (χ3v) is 2.57. The largest absolute Gasteiger partial charge is 0.446 e. The zero-order chi connectivity index (χ0) is 12.4. The Morgan fingerprint density at radius 3 is 2.71 bits per heavy atom. The number of anilines is 1. The van der Waals surface area contributed by atoms with Crippen LogP contribution in [0.4, 0.5) is 19.3 Å². The van der Waals surface area contributed by atoms with Crippen molar-refractivity contribution in [1.82, 2.24) is 0 Å². The maximum absolute atomic E-state index is 13.2. The molecule has 3 N–H and O–H groups in total. The fourth-order valence-electron chi connectivity index (χ4n) is 1.58. The highest BCUT2D eigenvalue weighted by Crippen LogP contribution is 2.22. The molecule has 1 amide bonds. The third kappa shape index (κ3) is 2.91. The first-order chi connectivity index (χ1) is 8.04. The van der Waals surface area contributed by atoms with Gasteiger partial charge in [0, 0.05) is 12.1 Å². The van der Waals surface area contributed by atoms with Crippen molar-refractivity contribution >= 4 is 11.8 Å². The van der Waals surface area contributed by atoms with Gasteiger partial charge in [-0.25, -0.2) is 13.6 Å². The van der Waals surface area contributed by atoms with Crippen molar-refractivity contribution in [2.24, 2.45) is 5.73 Å². The molecule has 0 atom stereocenters. The van der Waals surface area contributed by atoms with Gasteiger partial charge in [-0.05, 0) is 25.0 Å². The number of amides is 1. The van der Waals surface area contributed by atoms with E-state index in [0.717, 1.165) is 12.1 Å². The number of halogens is 2. The number of nitrogens with one attached hydrogen (secondary N) is 1. The van der Waals surface area contributed by atoms with Crippen molar-refractivity contribution in [2.75, 3.05) is 5.32 Å². The van der Waals surface area contributed by atoms with E-state index in [9.17, 15) is 13.6 Å². The van der Waals surface area contributed by atoms with E-state index in [1.807, 2.05) is 0 Å². The molecule has 6 heteroatoms. The van der Waals surface area contributed by atoms with Crippen LogP contribution >= 0.6 is 0 Å². The molecule has 0 unspecified atom stereocenters. The van der Waals surface area contributed by atoms with Crippen LogP contribution in [-0.2, 0) is 4.74 Å². The SMILES string of the molecule is NC1CC(OC(=O)Nc2ccc(F)cc2F)C1. The molecule has 1 aromatic carbocycles. The highest BCUT2D eigenvalue weighted by Gasteiger charge is 2.29. The van der Waals surface area contributed by atoms with Crippen molar-refractivity contribution in [3.8, 4) is 0 Å². The molecular weight excluding hydrogens is 230 g/mol. The number of nitrogens with two attached hydrogens (primary N) is 1. The lowest BCUT2D eigenvalue weighted by Crippen LogP contribution is -2.43. The van der Waals surface area contributed by atoms with E-state index in [-0.39, 0.29) is 17.8 Å². The van der Waals surface area contributed by atoms with Gasteiger partial charge in [0.05, 0.1) is 5.69 Å². The molecule has 1 aliphatic rings. The molecule has 0 radical (unpaired) electrons. The Bertz CT molecular complexity index is 433. The topological polar surface area (TPSA) is 64.3 Å². The van der Waals surface area contributed by atoms with E-state index in [4.69, 9.17) is 10.5 Å². The van der Waals surface area contributed by atoms with Gasteiger partial charge in [-0.15, -0.1) is 0 Å². The number of carbonyl (C=O) groups excluding carboxylic acids is 1. The van der Waals surface area contributed by atoms with Crippen LogP contribution < -0.4 is 11.1 Å². The maximum Gasteiger partial charge on any atom is 0.411 e. The first-order valence-electron chi connectivity index (χ1n) is 5.23. The Kier molecular flexibility index (Phi) is 3.23. The Morgan fingerprint density at radius 1 is 1.41 bits per heavy atom. The summed E-state index contributed by atoms with van der Waals surface area (Å²) in [5.41, 5.74) is 5.41. The Balaban J connectivity index is 1.89. The molecule has 0 aromatic heterocycles. The fraction of sp³-hybridized carbons (Fsp3) is 0.364. The first-order valence-corrected chi connectivity index (χ1v) is 5.23. The minimum Gasteiger partial charge on any atom is -0.446 e. The maximum atomic E-state index is 13.2. The van der Waals surface area contributed by atoms with Gasteiger partial charge in [-0.1, -0.05) is 0 Å². The Morgan fingerprint density at radius 2 is 2.12 bits per heavy atom. The zero-order valence-electron chi connectivity index (χ0n) is 8.95. The van der Waals surface area contributed by atoms with E-state index in [2.05, 4.69) is 5.32 Å². The monoisotopic (exact) mass is 242 g/mol. The van der Waals surface area contributed by atoms with Crippen LogP contribution in [0.15, 0.2) is 18.2 Å². The summed E-state index contributed by atoms with van der Waals surface area (Å²) in [5, 5.41) is 2.21. The summed E-state index contributed by atoms with van der Waals surface area (Å²) in [5.74, 6) is -1.54. The number of hydrogen-bond acceptors (Lipinski definition) is 3. The van der Waals surface area contributed by atoms with E-state index in [0.29, 0.717) is 18.9 Å². The van der Waals surface area contributed by atoms with Gasteiger partial charge in [0.25, 0.3) is 0 Å². The number of rotatable bonds is 2. The summed E-state index contributed by atoms with van der Waals surface area (Å²) in [7, 11) is 0. The molecule has 0 heterocycles. The predicted molar refractivity (Wildman–Crippen MR) is 57.5 cm³/mol. The van der Waals surface area contributed by atoms with Gasteiger partial charge < -0.3 is 10.5 Å². The lowest BCUT2D eigenvalue weighted by atomic mass is 9.90. The van der Waals surface area contributed by atoms with Crippen molar-refractivity contribution in [2.45, 2.75) is 25.0 Å². The lowest BCUT2D eigenvalue weighted by molar-refractivity contribution is 0.0502. The van der Waals surface area contributed by atoms with Gasteiger partial charge in [-0.2, -0.15) is 0 Å². The standard InChI is InChI=1S/C11H12F2N2O2/c12-6-1-2-10(9(13)3-6)15-11(16)17-8-4-7(14)5-8/h1-3,7-8H,4-5,14H2,(H,15,16). The zero-order valence-corrected chi connectivity index (χ0v) is 8.95. The molecule has 1 aromatic rings. The highest BCUT2D eigenvalue weighted by atomic mass is 19.1. The molecule has 0 bridgehead atoms. The number of benzene rings is 1. The summed E-state index contributed by atoms with van der Waals surface area (Å²) in [6, 6.07) is 2.95. The summed E-state index contributed by atoms with van der Waals surface area (Å²) < 4.78 is 30.7. The average Bonchev–Trinajstić information content (AvgIpc) is 2.20. The first kappa shape index (κ1) is 11.8. The molecule has 92 valence electrons. The second-order valence-corrected chi connectivity index (χ2v) is 4.01. The molecule has 0 spiro atoms. The lowest BCUT2D eigenvalue weighted by Gasteiger charge is -2.31. The number of hydrogen-bond donors (Lipinski definition) is 2. The Hall–Kier alpha value is -1.69. The molecular formula is C11H12F2N2O2. The highest BCUT2D eigenvalue weighted by molar-refractivity contribution is 5.84. The van der Waals surface area contributed by atoms with Crippen LogP contribution in [0.1, 0.15) is 12.8 Å². The van der Waals surface area contributed by atoms with Crippen LogP contribution in [0.2, 0.25) is 0 Å². The molecule has 2 rings (SSSR count). The minimum absolute atomic E-state index is 0.0651. The van der Waals surface area contributed by atoms with Crippen LogP contribution in [-0.4, -0.2) is 18.2 Å². The number of ether oxygens (including phenoxy) is 1. The Labute approximate surface area is 96.7 Å². The minimum atomic E-state index is -0.840. The second-order valence-electron chi connectivity index (χ2n) is 4.01. The van der Waals surface area contributed by atoms with Crippen molar-refractivity contribution in [3.63, 3.8) is 0 Å². The quantitative estimate of drug-likeness (QED) is 0.833. The van der Waals surface area contributed by atoms with Crippen molar-refractivity contribution in [3.05, 3.63) is 29.8 Å². The van der Waals surface area contributed by atoms with Crippen LogP contribution in [0, 0.1) is 11.6 Å². The second kappa shape index (κ2) is 4.67. The van der Waals surface area contributed by atoms with Gasteiger partial charge in [0.2, 0.25) is 0 Å². The van der Waals surface area contributed by atoms with Gasteiger partial charge in [0.15, 0.2) is 0 Å². The van der Waals surface area contributed by atoms with Crippen molar-refractivity contribution < 1.29 is 18.3 Å². The van der Waals surface area contributed by atoms with Crippen LogP contribution in [0.5, 0.6) is 0 Å². The molecule has 1 saturated carbocycles. The molecule has 0 saturated heterocycles.